The highest BCUT2D eigenvalue weighted by molar-refractivity contribution is 7.09. The van der Waals surface area contributed by atoms with Crippen LogP contribution in [0.5, 0.6) is 0 Å². The zero-order valence-electron chi connectivity index (χ0n) is 3.51. The summed E-state index contributed by atoms with van der Waals surface area (Å²) in [5.74, 6) is 0. The minimum Gasteiger partial charge on any atom is -0.250 e. The van der Waals surface area contributed by atoms with Gasteiger partial charge < -0.3 is 0 Å². The Bertz CT molecular complexity index is 115. The third-order valence-electron chi connectivity index (χ3n) is 0.556. The Hall–Kier alpha value is -0.370. The Labute approximate surface area is 42.1 Å². The first-order valence-electron chi connectivity index (χ1n) is 1.75. The van der Waals surface area contributed by atoms with Crippen molar-refractivity contribution in [1.29, 1.82) is 0 Å². The molecule has 0 aliphatic carbocycles. The molecule has 0 bridgehead atoms. The van der Waals surface area contributed by atoms with Crippen LogP contribution in [0.2, 0.25) is 0 Å². The summed E-state index contributed by atoms with van der Waals surface area (Å²) < 4.78 is 0. The van der Waals surface area contributed by atoms with E-state index in [-0.39, 0.29) is 1.43 Å². The predicted octanol–water partition coefficient (Wildman–Crippen LogP) is 1.70. The molecule has 1 aromatic heterocycles. The molecule has 6 heavy (non-hydrogen) atoms. The van der Waals surface area contributed by atoms with Gasteiger partial charge in [-0.2, -0.15) is 0 Å². The van der Waals surface area contributed by atoms with E-state index in [1.165, 1.54) is 0 Å². The monoisotopic (exact) mass is 101 g/mol. The molecular formula is C4H7NS. The number of hydrogen-bond donors (Lipinski definition) is 0. The number of nitrogens with zero attached hydrogens (tertiary/aromatic N) is 1. The highest BCUT2D eigenvalue weighted by Gasteiger charge is 1.76. The smallest absolute Gasteiger partial charge is 0.0893 e. The Morgan fingerprint density at radius 2 is 2.83 bits per heavy atom. The van der Waals surface area contributed by atoms with Crippen molar-refractivity contribution < 1.29 is 1.43 Å². The number of aromatic nitrogens is 1. The van der Waals surface area contributed by atoms with Crippen LogP contribution in [0.15, 0.2) is 11.6 Å². The molecule has 1 heterocycles. The molecule has 0 aliphatic rings. The van der Waals surface area contributed by atoms with Gasteiger partial charge in [-0.15, -0.1) is 11.3 Å². The fraction of sp³-hybridized carbons (Fsp3) is 0.250. The molecule has 34 valence electrons. The van der Waals surface area contributed by atoms with Crippen LogP contribution in [0.4, 0.5) is 0 Å². The number of rotatable bonds is 0. The highest BCUT2D eigenvalue weighted by Crippen LogP contribution is 1.98. The topological polar surface area (TPSA) is 12.9 Å². The van der Waals surface area contributed by atoms with Gasteiger partial charge in [-0.3, -0.25) is 4.98 Å². The standard InChI is InChI=1S/C4H5NS.H2/c1-4-5-2-3-6-4;/h2-3H,1H3;1H. The van der Waals surface area contributed by atoms with Gasteiger partial charge in [-0.05, 0) is 6.92 Å². The third kappa shape index (κ3) is 0.571. The summed E-state index contributed by atoms with van der Waals surface area (Å²) in [5.41, 5.74) is 0. The summed E-state index contributed by atoms with van der Waals surface area (Å²) in [6.45, 7) is 1.99. The molecule has 1 aromatic rings. The first-order valence-corrected chi connectivity index (χ1v) is 2.63. The summed E-state index contributed by atoms with van der Waals surface area (Å²) in [6.07, 6.45) is 1.81. The van der Waals surface area contributed by atoms with Gasteiger partial charge in [-0.1, -0.05) is 0 Å². The molecular weight excluding hydrogens is 94.1 g/mol. The van der Waals surface area contributed by atoms with Crippen molar-refractivity contribution in [2.24, 2.45) is 0 Å². The molecule has 0 aromatic carbocycles. The lowest BCUT2D eigenvalue weighted by molar-refractivity contribution is 1.30. The molecule has 0 saturated heterocycles. The summed E-state index contributed by atoms with van der Waals surface area (Å²) in [7, 11) is 0. The molecule has 0 atom stereocenters. The van der Waals surface area contributed by atoms with Crippen LogP contribution >= 0.6 is 11.3 Å². The van der Waals surface area contributed by atoms with Gasteiger partial charge in [-0.25, -0.2) is 0 Å². The minimum atomic E-state index is 0. The van der Waals surface area contributed by atoms with Crippen LogP contribution in [0, 0.1) is 6.92 Å². The van der Waals surface area contributed by atoms with Crippen LogP contribution in [0.25, 0.3) is 0 Å². The van der Waals surface area contributed by atoms with Crippen molar-refractivity contribution in [1.82, 2.24) is 4.98 Å². The molecule has 0 aliphatic heterocycles. The maximum absolute atomic E-state index is 3.94. The van der Waals surface area contributed by atoms with Crippen LogP contribution < -0.4 is 0 Å². The summed E-state index contributed by atoms with van der Waals surface area (Å²) in [4.78, 5) is 3.94. The summed E-state index contributed by atoms with van der Waals surface area (Å²) in [6, 6.07) is 0. The zero-order chi connectivity index (χ0) is 4.41. The summed E-state index contributed by atoms with van der Waals surface area (Å²) >= 11 is 1.67. The average Bonchev–Trinajstić information content (AvgIpc) is 1.86. The van der Waals surface area contributed by atoms with Gasteiger partial charge in [0.2, 0.25) is 0 Å². The lowest BCUT2D eigenvalue weighted by Crippen LogP contribution is -1.56. The lowest BCUT2D eigenvalue weighted by atomic mass is 10.8. The van der Waals surface area contributed by atoms with Gasteiger partial charge in [0.1, 0.15) is 0 Å². The number of aryl methyl sites for hydroxylation is 1. The maximum Gasteiger partial charge on any atom is 0.0893 e. The van der Waals surface area contributed by atoms with E-state index in [0.717, 1.165) is 5.01 Å². The second-order valence-corrected chi connectivity index (χ2v) is 2.15. The highest BCUT2D eigenvalue weighted by atomic mass is 32.1. The molecule has 0 spiro atoms. The Kier molecular flexibility index (Phi) is 0.881. The van der Waals surface area contributed by atoms with E-state index in [9.17, 15) is 0 Å². The quantitative estimate of drug-likeness (QED) is 0.484. The average molecular weight is 101 g/mol. The first-order chi connectivity index (χ1) is 2.89. The maximum atomic E-state index is 3.94. The largest absolute Gasteiger partial charge is 0.250 e. The van der Waals surface area contributed by atoms with E-state index in [2.05, 4.69) is 4.98 Å². The minimum absolute atomic E-state index is 0. The van der Waals surface area contributed by atoms with Crippen LogP contribution in [-0.4, -0.2) is 4.98 Å². The van der Waals surface area contributed by atoms with Crippen molar-refractivity contribution in [3.8, 4) is 0 Å². The van der Waals surface area contributed by atoms with Crippen molar-refractivity contribution in [2.45, 2.75) is 6.92 Å². The van der Waals surface area contributed by atoms with Gasteiger partial charge in [0.15, 0.2) is 0 Å². The van der Waals surface area contributed by atoms with Gasteiger partial charge in [0.25, 0.3) is 0 Å². The van der Waals surface area contributed by atoms with Crippen molar-refractivity contribution in [3.63, 3.8) is 0 Å². The zero-order valence-corrected chi connectivity index (χ0v) is 4.33. The molecule has 0 amide bonds. The van der Waals surface area contributed by atoms with Gasteiger partial charge in [0.05, 0.1) is 5.01 Å². The van der Waals surface area contributed by atoms with Crippen molar-refractivity contribution >= 4 is 11.3 Å². The van der Waals surface area contributed by atoms with E-state index >= 15 is 0 Å². The van der Waals surface area contributed by atoms with Gasteiger partial charge in [0, 0.05) is 13.0 Å². The second kappa shape index (κ2) is 1.39. The number of thiazole rings is 1. The molecule has 2 heteroatoms. The fourth-order valence-corrected chi connectivity index (χ4v) is 0.735. The molecule has 0 saturated carbocycles. The van der Waals surface area contributed by atoms with E-state index in [1.54, 1.807) is 17.5 Å². The van der Waals surface area contributed by atoms with Crippen LogP contribution in [0.1, 0.15) is 6.43 Å². The molecule has 0 N–H and O–H groups in total. The van der Waals surface area contributed by atoms with Gasteiger partial charge >= 0.3 is 0 Å². The Morgan fingerprint density at radius 1 is 2.00 bits per heavy atom. The molecule has 0 unspecified atom stereocenters. The normalized spacial score (nSPS) is 8.83. The molecule has 1 nitrogen and oxygen atoms in total. The van der Waals surface area contributed by atoms with Crippen LogP contribution in [-0.2, 0) is 0 Å². The Morgan fingerprint density at radius 3 is 3.00 bits per heavy atom. The van der Waals surface area contributed by atoms with E-state index in [4.69, 9.17) is 0 Å². The van der Waals surface area contributed by atoms with E-state index < -0.39 is 0 Å². The lowest BCUT2D eigenvalue weighted by Gasteiger charge is -1.65. The third-order valence-corrected chi connectivity index (χ3v) is 1.26. The SMILES string of the molecule is Cc1nccs1.[HH]. The van der Waals surface area contributed by atoms with E-state index in [0.29, 0.717) is 0 Å². The van der Waals surface area contributed by atoms with Crippen LogP contribution in [0.3, 0.4) is 0 Å². The first kappa shape index (κ1) is 3.81. The number of hydrogen-bond acceptors (Lipinski definition) is 2. The summed E-state index contributed by atoms with van der Waals surface area (Å²) in [5, 5.41) is 3.10. The van der Waals surface area contributed by atoms with E-state index in [1.807, 2.05) is 12.3 Å². The van der Waals surface area contributed by atoms with Crippen molar-refractivity contribution in [3.05, 3.63) is 16.6 Å². The second-order valence-electron chi connectivity index (χ2n) is 1.05. The molecule has 1 rings (SSSR count). The Balaban J connectivity index is 0.000000360. The molecule has 0 fully saturated rings. The fourth-order valence-electron chi connectivity index (χ4n) is 0.295. The molecule has 0 radical (unpaired) electrons. The van der Waals surface area contributed by atoms with Crippen molar-refractivity contribution in [2.75, 3.05) is 0 Å². The predicted molar refractivity (Wildman–Crippen MR) is 29.0 cm³/mol.